The molecular formula is C13H25N3O. The van der Waals surface area contributed by atoms with E-state index in [4.69, 9.17) is 0 Å². The summed E-state index contributed by atoms with van der Waals surface area (Å²) in [5, 5.41) is 6.26. The Morgan fingerprint density at radius 2 is 2.00 bits per heavy atom. The third kappa shape index (κ3) is 6.79. The van der Waals surface area contributed by atoms with Gasteiger partial charge in [-0.05, 0) is 32.0 Å². The van der Waals surface area contributed by atoms with Gasteiger partial charge in [0.2, 0.25) is 6.41 Å². The van der Waals surface area contributed by atoms with Crippen LogP contribution in [0.15, 0.2) is 23.5 Å². The largest absolute Gasteiger partial charge is 0.392 e. The van der Waals surface area contributed by atoms with E-state index < -0.39 is 0 Å². The first-order chi connectivity index (χ1) is 8.19. The summed E-state index contributed by atoms with van der Waals surface area (Å²) < 4.78 is 0. The molecule has 0 aliphatic rings. The average Bonchev–Trinajstić information content (AvgIpc) is 2.36. The summed E-state index contributed by atoms with van der Waals surface area (Å²) in [4.78, 5) is 12.8. The van der Waals surface area contributed by atoms with Crippen molar-refractivity contribution >= 4 is 6.41 Å². The van der Waals surface area contributed by atoms with E-state index >= 15 is 0 Å². The highest BCUT2D eigenvalue weighted by atomic mass is 16.1. The maximum atomic E-state index is 11.0. The van der Waals surface area contributed by atoms with Crippen molar-refractivity contribution < 1.29 is 4.79 Å². The zero-order valence-corrected chi connectivity index (χ0v) is 11.4. The monoisotopic (exact) mass is 239 g/mol. The SMILES string of the molecule is CCNCCN(C=O)/C(=C/C=C(/C)NC)CC. The molecule has 0 spiro atoms. The van der Waals surface area contributed by atoms with Crippen LogP contribution in [-0.2, 0) is 4.79 Å². The van der Waals surface area contributed by atoms with Gasteiger partial charge in [-0.1, -0.05) is 13.8 Å². The fraction of sp³-hybridized carbons (Fsp3) is 0.615. The molecule has 0 bridgehead atoms. The van der Waals surface area contributed by atoms with Crippen LogP contribution in [0, 0.1) is 0 Å². The van der Waals surface area contributed by atoms with Crippen molar-refractivity contribution in [1.29, 1.82) is 0 Å². The van der Waals surface area contributed by atoms with Crippen LogP contribution in [0.25, 0.3) is 0 Å². The fourth-order valence-electron chi connectivity index (χ4n) is 1.36. The van der Waals surface area contributed by atoms with E-state index in [-0.39, 0.29) is 0 Å². The molecule has 0 radical (unpaired) electrons. The van der Waals surface area contributed by atoms with Crippen LogP contribution < -0.4 is 10.6 Å². The lowest BCUT2D eigenvalue weighted by molar-refractivity contribution is -0.116. The molecule has 2 N–H and O–H groups in total. The summed E-state index contributed by atoms with van der Waals surface area (Å²) in [6.07, 6.45) is 5.72. The first-order valence-electron chi connectivity index (χ1n) is 6.17. The van der Waals surface area contributed by atoms with Gasteiger partial charge in [-0.2, -0.15) is 0 Å². The standard InChI is InChI=1S/C13H25N3O/c1-5-13(8-7-12(3)14-4)16(11-17)10-9-15-6-2/h7-8,11,14-15H,5-6,9-10H2,1-4H3/b12-7-,13-8+. The topological polar surface area (TPSA) is 44.4 Å². The molecule has 0 aliphatic heterocycles. The molecule has 0 unspecified atom stereocenters. The van der Waals surface area contributed by atoms with Gasteiger partial charge in [0.05, 0.1) is 0 Å². The Bertz CT molecular complexity index is 272. The minimum atomic E-state index is 0.712. The number of amides is 1. The molecule has 0 aromatic rings. The number of hydrogen-bond donors (Lipinski definition) is 2. The first-order valence-corrected chi connectivity index (χ1v) is 6.17. The van der Waals surface area contributed by atoms with Gasteiger partial charge in [-0.15, -0.1) is 0 Å². The van der Waals surface area contributed by atoms with Crippen LogP contribution in [0.5, 0.6) is 0 Å². The van der Waals surface area contributed by atoms with Crippen molar-refractivity contribution in [3.63, 3.8) is 0 Å². The quantitative estimate of drug-likeness (QED) is 0.364. The molecule has 1 amide bonds. The predicted molar refractivity (Wildman–Crippen MR) is 72.5 cm³/mol. The zero-order valence-electron chi connectivity index (χ0n) is 11.4. The van der Waals surface area contributed by atoms with Crippen molar-refractivity contribution in [3.05, 3.63) is 23.5 Å². The molecule has 0 saturated heterocycles. The number of nitrogens with zero attached hydrogens (tertiary/aromatic N) is 1. The lowest BCUT2D eigenvalue weighted by atomic mass is 10.2. The molecule has 98 valence electrons. The van der Waals surface area contributed by atoms with Crippen LogP contribution in [0.3, 0.4) is 0 Å². The van der Waals surface area contributed by atoms with Gasteiger partial charge >= 0.3 is 0 Å². The van der Waals surface area contributed by atoms with Crippen LogP contribution in [0.2, 0.25) is 0 Å². The van der Waals surface area contributed by atoms with Gasteiger partial charge in [0.15, 0.2) is 0 Å². The summed E-state index contributed by atoms with van der Waals surface area (Å²) >= 11 is 0. The molecule has 4 heteroatoms. The van der Waals surface area contributed by atoms with Crippen LogP contribution in [0.4, 0.5) is 0 Å². The molecular weight excluding hydrogens is 214 g/mol. The summed E-state index contributed by atoms with van der Waals surface area (Å²) in [5.41, 5.74) is 2.11. The lowest BCUT2D eigenvalue weighted by Crippen LogP contribution is -2.30. The van der Waals surface area contributed by atoms with E-state index in [2.05, 4.69) is 24.5 Å². The number of carbonyl (C=O) groups is 1. The van der Waals surface area contributed by atoms with Crippen LogP contribution in [-0.4, -0.2) is 38.0 Å². The highest BCUT2D eigenvalue weighted by Gasteiger charge is 2.04. The Kier molecular flexibility index (Phi) is 9.15. The van der Waals surface area contributed by atoms with Gasteiger partial charge in [0.25, 0.3) is 0 Å². The molecule has 0 saturated carbocycles. The molecule has 0 aromatic heterocycles. The van der Waals surface area contributed by atoms with Crippen molar-refractivity contribution in [2.45, 2.75) is 27.2 Å². The van der Waals surface area contributed by atoms with E-state index in [0.717, 1.165) is 37.3 Å². The zero-order chi connectivity index (χ0) is 13.1. The van der Waals surface area contributed by atoms with Crippen LogP contribution in [0.1, 0.15) is 27.2 Å². The Labute approximate surface area is 105 Å². The molecule has 0 atom stereocenters. The summed E-state index contributed by atoms with van der Waals surface area (Å²) in [6.45, 7) is 8.56. The second kappa shape index (κ2) is 9.90. The third-order valence-corrected chi connectivity index (χ3v) is 2.56. The Morgan fingerprint density at radius 3 is 2.47 bits per heavy atom. The Balaban J connectivity index is 4.52. The van der Waals surface area contributed by atoms with E-state index in [1.54, 1.807) is 4.90 Å². The Hall–Kier alpha value is -1.29. The number of nitrogens with one attached hydrogen (secondary N) is 2. The van der Waals surface area contributed by atoms with Gasteiger partial charge in [-0.3, -0.25) is 4.79 Å². The van der Waals surface area contributed by atoms with Gasteiger partial charge in [-0.25, -0.2) is 0 Å². The Morgan fingerprint density at radius 1 is 1.29 bits per heavy atom. The molecule has 0 rings (SSSR count). The maximum absolute atomic E-state index is 11.0. The van der Waals surface area contributed by atoms with Crippen molar-refractivity contribution in [1.82, 2.24) is 15.5 Å². The molecule has 17 heavy (non-hydrogen) atoms. The first kappa shape index (κ1) is 15.7. The molecule has 0 fully saturated rings. The molecule has 0 aromatic carbocycles. The fourth-order valence-corrected chi connectivity index (χ4v) is 1.36. The minimum absolute atomic E-state index is 0.712. The highest BCUT2D eigenvalue weighted by molar-refractivity contribution is 5.51. The third-order valence-electron chi connectivity index (χ3n) is 2.56. The van der Waals surface area contributed by atoms with Gasteiger partial charge < -0.3 is 15.5 Å². The van der Waals surface area contributed by atoms with E-state index in [1.807, 2.05) is 26.1 Å². The minimum Gasteiger partial charge on any atom is -0.392 e. The maximum Gasteiger partial charge on any atom is 0.213 e. The molecule has 4 nitrogen and oxygen atoms in total. The predicted octanol–water partition coefficient (Wildman–Crippen LogP) is 1.47. The number of hydrogen-bond acceptors (Lipinski definition) is 3. The lowest BCUT2D eigenvalue weighted by Gasteiger charge is -2.19. The summed E-state index contributed by atoms with van der Waals surface area (Å²) in [6, 6.07) is 0. The summed E-state index contributed by atoms with van der Waals surface area (Å²) in [5.74, 6) is 0. The highest BCUT2D eigenvalue weighted by Crippen LogP contribution is 2.07. The second-order valence-electron chi connectivity index (χ2n) is 3.76. The molecule has 0 aliphatic carbocycles. The van der Waals surface area contributed by atoms with Crippen molar-refractivity contribution in [2.75, 3.05) is 26.7 Å². The number of carbonyl (C=O) groups excluding carboxylic acids is 1. The average molecular weight is 239 g/mol. The summed E-state index contributed by atoms with van der Waals surface area (Å²) in [7, 11) is 1.88. The van der Waals surface area contributed by atoms with Gasteiger partial charge in [0, 0.05) is 31.5 Å². The number of rotatable bonds is 9. The van der Waals surface area contributed by atoms with E-state index in [0.29, 0.717) is 6.54 Å². The smallest absolute Gasteiger partial charge is 0.213 e. The van der Waals surface area contributed by atoms with Crippen molar-refractivity contribution in [2.24, 2.45) is 0 Å². The van der Waals surface area contributed by atoms with Crippen LogP contribution >= 0.6 is 0 Å². The van der Waals surface area contributed by atoms with Gasteiger partial charge in [0.1, 0.15) is 0 Å². The van der Waals surface area contributed by atoms with E-state index in [1.165, 1.54) is 0 Å². The van der Waals surface area contributed by atoms with E-state index in [9.17, 15) is 4.79 Å². The number of likely N-dealkylation sites (N-methyl/N-ethyl adjacent to an activating group) is 1. The molecule has 0 heterocycles. The normalized spacial score (nSPS) is 12.5. The van der Waals surface area contributed by atoms with Crippen molar-refractivity contribution in [3.8, 4) is 0 Å². The number of allylic oxidation sites excluding steroid dienone is 4. The second-order valence-corrected chi connectivity index (χ2v) is 3.76.